The van der Waals surface area contributed by atoms with Gasteiger partial charge in [0.1, 0.15) is 5.82 Å². The number of aromatic nitrogens is 1. The summed E-state index contributed by atoms with van der Waals surface area (Å²) in [6, 6.07) is 5.22. The Morgan fingerprint density at radius 1 is 1.22 bits per heavy atom. The van der Waals surface area contributed by atoms with E-state index >= 15 is 4.39 Å². The second kappa shape index (κ2) is 8.28. The van der Waals surface area contributed by atoms with Gasteiger partial charge in [-0.3, -0.25) is 29.2 Å². The lowest BCUT2D eigenvalue weighted by atomic mass is 9.89. The summed E-state index contributed by atoms with van der Waals surface area (Å²) in [5.41, 5.74) is -3.02. The van der Waals surface area contributed by atoms with Crippen LogP contribution in [0.25, 0.3) is 5.70 Å². The third-order valence-corrected chi connectivity index (χ3v) is 8.61. The lowest BCUT2D eigenvalue weighted by Gasteiger charge is -2.51. The van der Waals surface area contributed by atoms with Gasteiger partial charge in [0.25, 0.3) is 0 Å². The molecule has 14 heteroatoms. The molecule has 7 nitrogen and oxygen atoms in total. The first-order chi connectivity index (χ1) is 16.7. The maximum atomic E-state index is 15.3. The number of amides is 1. The molecule has 1 amide bonds. The zero-order chi connectivity index (χ0) is 26.1. The Kier molecular flexibility index (Phi) is 5.80. The summed E-state index contributed by atoms with van der Waals surface area (Å²) < 4.78 is 89.9. The number of hydrogen-bond acceptors (Lipinski definition) is 6. The van der Waals surface area contributed by atoms with Gasteiger partial charge in [-0.15, -0.1) is 0 Å². The van der Waals surface area contributed by atoms with Crippen LogP contribution in [0.5, 0.6) is 0 Å². The van der Waals surface area contributed by atoms with Crippen LogP contribution in [-0.2, 0) is 20.9 Å². The fourth-order valence-corrected chi connectivity index (χ4v) is 6.06. The molecule has 0 bridgehead atoms. The molecule has 3 N–H and O–H groups in total. The molecule has 0 radical (unpaired) electrons. The first kappa shape index (κ1) is 25.2. The Hall–Kier alpha value is -2.45. The van der Waals surface area contributed by atoms with E-state index in [1.807, 2.05) is 0 Å². The van der Waals surface area contributed by atoms with Crippen LogP contribution in [0.2, 0.25) is 5.02 Å². The molecule has 4 heterocycles. The van der Waals surface area contributed by atoms with Crippen molar-refractivity contribution >= 4 is 33.8 Å². The number of nitrogens with zero attached hydrogens (tertiary/aromatic N) is 2. The molecular weight excluding hydrogens is 533 g/mol. The van der Waals surface area contributed by atoms with E-state index < -0.39 is 50.4 Å². The molecule has 2 saturated heterocycles. The van der Waals surface area contributed by atoms with Crippen LogP contribution in [0, 0.1) is 11.7 Å². The highest BCUT2D eigenvalue weighted by molar-refractivity contribution is 8.25. The van der Waals surface area contributed by atoms with Crippen LogP contribution in [0.3, 0.4) is 0 Å². The second-order valence-electron chi connectivity index (χ2n) is 9.05. The van der Waals surface area contributed by atoms with E-state index in [1.54, 1.807) is 0 Å². The number of carbonyl (C=O) groups is 1. The van der Waals surface area contributed by atoms with Crippen molar-refractivity contribution in [3.63, 3.8) is 0 Å². The van der Waals surface area contributed by atoms with Crippen molar-refractivity contribution < 1.29 is 40.7 Å². The molecule has 0 saturated carbocycles. The lowest BCUT2D eigenvalue weighted by molar-refractivity contribution is -0.269. The van der Waals surface area contributed by atoms with Gasteiger partial charge in [-0.25, -0.2) is 8.78 Å². The highest BCUT2D eigenvalue weighted by Crippen LogP contribution is 2.53. The van der Waals surface area contributed by atoms with Gasteiger partial charge in [-0.05, 0) is 30.3 Å². The molecule has 194 valence electrons. The quantitative estimate of drug-likeness (QED) is 0.481. The summed E-state index contributed by atoms with van der Waals surface area (Å²) in [4.78, 5) is 22.6. The fourth-order valence-electron chi connectivity index (χ4n) is 4.40. The largest absolute Gasteiger partial charge is 0.428 e. The number of nitrogens with one attached hydrogen (secondary N) is 1. The van der Waals surface area contributed by atoms with Crippen LogP contribution < -0.4 is 5.48 Å². The third-order valence-electron chi connectivity index (χ3n) is 6.45. The number of halogens is 6. The summed E-state index contributed by atoms with van der Waals surface area (Å²) in [5.74, 6) is -1.83. The fraction of sp³-hybridized carbons (Fsp3) is 0.364. The summed E-state index contributed by atoms with van der Waals surface area (Å²) >= 11 is 5.68. The number of hydrogen-bond donors (Lipinski definition) is 3. The summed E-state index contributed by atoms with van der Waals surface area (Å²) in [5, 5.41) is -0.500. The standard InChI is InChI=1S/C22H19ClF5N3O4S/c23-15-5-14(2-3-16(15)24)21(22(26,27)28)6-17(30-35-21)12-1-4-18(29-7-12)20(25)10-31(11-20)19(32)13-8-36(33,34)9-13/h1-7,13,30,33-34H,8-11H2. The zero-order valence-electron chi connectivity index (χ0n) is 18.2. The van der Waals surface area contributed by atoms with Crippen LogP contribution >= 0.6 is 22.2 Å². The summed E-state index contributed by atoms with van der Waals surface area (Å²) in [6.45, 7) is -0.527. The summed E-state index contributed by atoms with van der Waals surface area (Å²) in [6.07, 6.45) is -2.99. The van der Waals surface area contributed by atoms with E-state index in [4.69, 9.17) is 16.4 Å². The minimum absolute atomic E-state index is 0.000106. The van der Waals surface area contributed by atoms with Gasteiger partial charge in [-0.1, -0.05) is 17.7 Å². The van der Waals surface area contributed by atoms with Crippen LogP contribution in [-0.4, -0.2) is 55.7 Å². The number of rotatable bonds is 4. The first-order valence-corrected chi connectivity index (χ1v) is 12.9. The molecular formula is C22H19ClF5N3O4S. The number of likely N-dealkylation sites (tertiary alicyclic amines) is 1. The molecule has 1 atom stereocenters. The van der Waals surface area contributed by atoms with Gasteiger partial charge in [0.15, 0.2) is 5.67 Å². The molecule has 1 unspecified atom stereocenters. The second-order valence-corrected chi connectivity index (χ2v) is 11.7. The molecule has 2 aromatic rings. The van der Waals surface area contributed by atoms with E-state index in [-0.39, 0.29) is 47.5 Å². The Labute approximate surface area is 208 Å². The van der Waals surface area contributed by atoms with Crippen molar-refractivity contribution in [2.45, 2.75) is 17.4 Å². The first-order valence-electron chi connectivity index (χ1n) is 10.6. The van der Waals surface area contributed by atoms with Crippen molar-refractivity contribution in [3.05, 3.63) is 70.3 Å². The minimum atomic E-state index is -4.94. The number of hydroxylamine groups is 1. The predicted molar refractivity (Wildman–Crippen MR) is 121 cm³/mol. The number of benzene rings is 1. The highest BCUT2D eigenvalue weighted by Gasteiger charge is 2.60. The average molecular weight is 552 g/mol. The van der Waals surface area contributed by atoms with E-state index in [9.17, 15) is 31.5 Å². The SMILES string of the molecule is O=C(C1CS(O)(O)C1)N1CC(F)(c2ccc(C3=CC(c4ccc(F)c(Cl)c4)(C(F)(F)F)ON3)cn2)C1. The Balaban J connectivity index is 1.33. The van der Waals surface area contributed by atoms with Gasteiger partial charge in [0.2, 0.25) is 11.5 Å². The molecule has 0 aliphatic carbocycles. The molecule has 1 aromatic carbocycles. The van der Waals surface area contributed by atoms with Gasteiger partial charge in [0, 0.05) is 17.3 Å². The van der Waals surface area contributed by atoms with E-state index in [1.165, 1.54) is 23.2 Å². The smallest absolute Gasteiger partial charge is 0.335 e. The average Bonchev–Trinajstić information content (AvgIpc) is 3.24. The normalized spacial score (nSPS) is 25.9. The van der Waals surface area contributed by atoms with Crippen molar-refractivity contribution in [3.8, 4) is 0 Å². The predicted octanol–water partition coefficient (Wildman–Crippen LogP) is 4.60. The van der Waals surface area contributed by atoms with Gasteiger partial charge >= 0.3 is 6.18 Å². The number of carbonyl (C=O) groups excluding carboxylic acids is 1. The van der Waals surface area contributed by atoms with Crippen molar-refractivity contribution in [2.24, 2.45) is 5.92 Å². The monoisotopic (exact) mass is 551 g/mol. The topological polar surface area (TPSA) is 94.9 Å². The molecule has 36 heavy (non-hydrogen) atoms. The molecule has 2 fully saturated rings. The summed E-state index contributed by atoms with van der Waals surface area (Å²) in [7, 11) is -2.70. The Morgan fingerprint density at radius 2 is 1.92 bits per heavy atom. The molecule has 3 aliphatic rings. The maximum Gasteiger partial charge on any atom is 0.428 e. The van der Waals surface area contributed by atoms with Gasteiger partial charge in [0.05, 0.1) is 46.9 Å². The van der Waals surface area contributed by atoms with Crippen molar-refractivity contribution in [1.29, 1.82) is 0 Å². The Morgan fingerprint density at radius 3 is 2.47 bits per heavy atom. The third kappa shape index (κ3) is 4.12. The zero-order valence-corrected chi connectivity index (χ0v) is 19.8. The van der Waals surface area contributed by atoms with Crippen molar-refractivity contribution in [1.82, 2.24) is 15.4 Å². The van der Waals surface area contributed by atoms with Gasteiger partial charge in [-0.2, -0.15) is 23.8 Å². The van der Waals surface area contributed by atoms with Crippen LogP contribution in [0.4, 0.5) is 22.0 Å². The Bertz CT molecular complexity index is 1250. The molecule has 5 rings (SSSR count). The minimum Gasteiger partial charge on any atom is -0.335 e. The van der Waals surface area contributed by atoms with Crippen LogP contribution in [0.15, 0.2) is 42.6 Å². The lowest BCUT2D eigenvalue weighted by Crippen LogP contribution is -2.62. The highest BCUT2D eigenvalue weighted by atomic mass is 35.5. The maximum absolute atomic E-state index is 15.3. The van der Waals surface area contributed by atoms with E-state index in [2.05, 4.69) is 10.5 Å². The number of alkyl halides is 4. The van der Waals surface area contributed by atoms with E-state index in [0.717, 1.165) is 24.3 Å². The van der Waals surface area contributed by atoms with E-state index in [0.29, 0.717) is 0 Å². The molecule has 3 aliphatic heterocycles. The van der Waals surface area contributed by atoms with Crippen LogP contribution in [0.1, 0.15) is 16.8 Å². The molecule has 0 spiro atoms. The van der Waals surface area contributed by atoms with Gasteiger partial charge < -0.3 is 4.90 Å². The molecule has 1 aromatic heterocycles. The number of pyridine rings is 1. The van der Waals surface area contributed by atoms with Crippen molar-refractivity contribution in [2.75, 3.05) is 24.6 Å².